The maximum atomic E-state index is 5.51. The topological polar surface area (TPSA) is 56.5 Å². The van der Waals surface area contributed by atoms with Crippen molar-refractivity contribution in [3.63, 3.8) is 0 Å². The molecule has 90 valence electrons. The highest BCUT2D eigenvalue weighted by Crippen LogP contribution is 2.40. The van der Waals surface area contributed by atoms with E-state index in [4.69, 9.17) is 15.3 Å². The normalized spacial score (nSPS) is 12.3. The lowest BCUT2D eigenvalue weighted by molar-refractivity contribution is 0.379. The van der Waals surface area contributed by atoms with Crippen LogP contribution in [0, 0.1) is 0 Å². The molecule has 0 spiro atoms. The van der Waals surface area contributed by atoms with E-state index in [0.717, 1.165) is 28.0 Å². The van der Waals surface area contributed by atoms with Crippen LogP contribution in [0.3, 0.4) is 0 Å². The van der Waals surface area contributed by atoms with Crippen LogP contribution >= 0.6 is 15.9 Å². The van der Waals surface area contributed by atoms with Gasteiger partial charge in [-0.25, -0.2) is 0 Å². The molecule has 4 nitrogen and oxygen atoms in total. The molecule has 1 aromatic rings. The van der Waals surface area contributed by atoms with Crippen LogP contribution in [0.25, 0.3) is 0 Å². The Morgan fingerprint density at radius 2 is 2.06 bits per heavy atom. The molecule has 1 rings (SSSR count). The Hall–Kier alpha value is -0.780. The van der Waals surface area contributed by atoms with Crippen LogP contribution in [0.15, 0.2) is 16.6 Å². The van der Waals surface area contributed by atoms with Gasteiger partial charge >= 0.3 is 0 Å². The molecule has 0 bridgehead atoms. The van der Waals surface area contributed by atoms with Crippen molar-refractivity contribution in [2.24, 2.45) is 5.84 Å². The van der Waals surface area contributed by atoms with Crippen molar-refractivity contribution in [1.82, 2.24) is 5.43 Å². The summed E-state index contributed by atoms with van der Waals surface area (Å²) < 4.78 is 11.4. The molecule has 0 fully saturated rings. The quantitative estimate of drug-likeness (QED) is 0.645. The number of hydrazine groups is 1. The van der Waals surface area contributed by atoms with E-state index in [9.17, 15) is 0 Å². The fourth-order valence-corrected chi connectivity index (χ4v) is 2.30. The molecule has 0 saturated heterocycles. The van der Waals surface area contributed by atoms with Crippen molar-refractivity contribution in [1.29, 1.82) is 0 Å². The van der Waals surface area contributed by atoms with Crippen molar-refractivity contribution >= 4 is 15.9 Å². The lowest BCUT2D eigenvalue weighted by Crippen LogP contribution is -2.27. The first-order valence-corrected chi connectivity index (χ1v) is 5.85. The monoisotopic (exact) mass is 288 g/mol. The number of halogens is 1. The molecular weight excluding hydrogens is 272 g/mol. The van der Waals surface area contributed by atoms with Crippen molar-refractivity contribution in [2.45, 2.75) is 19.4 Å². The first kappa shape index (κ1) is 13.3. The van der Waals surface area contributed by atoms with Crippen LogP contribution in [0.1, 0.15) is 24.9 Å². The van der Waals surface area contributed by atoms with Gasteiger partial charge in [-0.2, -0.15) is 0 Å². The number of hydrogen-bond acceptors (Lipinski definition) is 4. The molecule has 1 atom stereocenters. The Morgan fingerprint density at radius 3 is 2.50 bits per heavy atom. The number of nitrogens with two attached hydrogens (primary N) is 1. The highest BCUT2D eigenvalue weighted by Gasteiger charge is 2.18. The second-order valence-electron chi connectivity index (χ2n) is 3.33. The standard InChI is InChI=1S/C11H17BrN2O2/c1-4-8(14-13)7-5-6-9(15-2)10(12)11(7)16-3/h5-6,8,14H,4,13H2,1-3H3. The first-order valence-electron chi connectivity index (χ1n) is 5.06. The molecule has 0 radical (unpaired) electrons. The smallest absolute Gasteiger partial charge is 0.141 e. The molecule has 16 heavy (non-hydrogen) atoms. The van der Waals surface area contributed by atoms with Gasteiger partial charge in [-0.1, -0.05) is 6.92 Å². The van der Waals surface area contributed by atoms with E-state index in [1.54, 1.807) is 14.2 Å². The molecule has 5 heteroatoms. The third-order valence-electron chi connectivity index (χ3n) is 2.50. The van der Waals surface area contributed by atoms with Crippen molar-refractivity contribution in [3.8, 4) is 11.5 Å². The van der Waals surface area contributed by atoms with Crippen molar-refractivity contribution < 1.29 is 9.47 Å². The van der Waals surface area contributed by atoms with E-state index in [-0.39, 0.29) is 6.04 Å². The zero-order valence-corrected chi connectivity index (χ0v) is 11.3. The molecule has 0 aromatic heterocycles. The van der Waals surface area contributed by atoms with Gasteiger partial charge in [0.1, 0.15) is 16.0 Å². The van der Waals surface area contributed by atoms with Crippen LogP contribution in [0.2, 0.25) is 0 Å². The van der Waals surface area contributed by atoms with Crippen LogP contribution in [-0.4, -0.2) is 14.2 Å². The van der Waals surface area contributed by atoms with E-state index in [1.807, 2.05) is 12.1 Å². The molecule has 3 N–H and O–H groups in total. The average molecular weight is 289 g/mol. The summed E-state index contributed by atoms with van der Waals surface area (Å²) in [6, 6.07) is 3.91. The third kappa shape index (κ3) is 2.48. The fourth-order valence-electron chi connectivity index (χ4n) is 1.62. The average Bonchev–Trinajstić information content (AvgIpc) is 2.31. The molecule has 0 aliphatic carbocycles. The van der Waals surface area contributed by atoms with Crippen molar-refractivity contribution in [2.75, 3.05) is 14.2 Å². The Morgan fingerprint density at radius 1 is 1.38 bits per heavy atom. The number of nitrogens with one attached hydrogen (secondary N) is 1. The Kier molecular flexibility index (Phi) is 5.05. The Balaban J connectivity index is 3.24. The minimum atomic E-state index is 0.0668. The summed E-state index contributed by atoms with van der Waals surface area (Å²) in [5.41, 5.74) is 3.78. The number of methoxy groups -OCH3 is 2. The van der Waals surface area contributed by atoms with E-state index in [1.165, 1.54) is 0 Å². The van der Waals surface area contributed by atoms with Gasteiger partial charge in [0.15, 0.2) is 0 Å². The predicted molar refractivity (Wildman–Crippen MR) is 67.6 cm³/mol. The van der Waals surface area contributed by atoms with E-state index >= 15 is 0 Å². The molecule has 0 heterocycles. The van der Waals surface area contributed by atoms with Gasteiger partial charge in [0.05, 0.1) is 14.2 Å². The minimum Gasteiger partial charge on any atom is -0.495 e. The number of ether oxygens (including phenoxy) is 2. The molecule has 1 unspecified atom stereocenters. The molecule has 0 saturated carbocycles. The Labute approximate surface area is 104 Å². The highest BCUT2D eigenvalue weighted by molar-refractivity contribution is 9.10. The van der Waals surface area contributed by atoms with Gasteiger partial charge < -0.3 is 9.47 Å². The highest BCUT2D eigenvalue weighted by atomic mass is 79.9. The summed E-state index contributed by atoms with van der Waals surface area (Å²) in [5, 5.41) is 0. The predicted octanol–water partition coefficient (Wildman–Crippen LogP) is 2.38. The van der Waals surface area contributed by atoms with Crippen LogP contribution in [0.5, 0.6) is 11.5 Å². The van der Waals surface area contributed by atoms with E-state index in [2.05, 4.69) is 28.3 Å². The molecule has 0 amide bonds. The Bertz CT molecular complexity index is 354. The van der Waals surface area contributed by atoms with Crippen LogP contribution < -0.4 is 20.7 Å². The number of hydrogen-bond donors (Lipinski definition) is 2. The van der Waals surface area contributed by atoms with Gasteiger partial charge in [-0.05, 0) is 34.5 Å². The summed E-state index contributed by atoms with van der Waals surface area (Å²) in [6.07, 6.45) is 0.881. The SMILES string of the molecule is CCC(NN)c1ccc(OC)c(Br)c1OC. The lowest BCUT2D eigenvalue weighted by atomic mass is 10.0. The molecule has 0 aliphatic rings. The number of rotatable bonds is 5. The first-order chi connectivity index (χ1) is 7.69. The maximum absolute atomic E-state index is 5.51. The maximum Gasteiger partial charge on any atom is 0.141 e. The second-order valence-corrected chi connectivity index (χ2v) is 4.12. The van der Waals surface area contributed by atoms with Gasteiger partial charge in [0.2, 0.25) is 0 Å². The van der Waals surface area contributed by atoms with Gasteiger partial charge in [-0.3, -0.25) is 11.3 Å². The summed E-state index contributed by atoms with van der Waals surface area (Å²) in [5.74, 6) is 7.00. The van der Waals surface area contributed by atoms with Gasteiger partial charge in [0, 0.05) is 11.6 Å². The fraction of sp³-hybridized carbons (Fsp3) is 0.455. The number of benzene rings is 1. The van der Waals surface area contributed by atoms with Gasteiger partial charge in [0.25, 0.3) is 0 Å². The zero-order chi connectivity index (χ0) is 12.1. The summed E-state index contributed by atoms with van der Waals surface area (Å²) in [6.45, 7) is 2.06. The summed E-state index contributed by atoms with van der Waals surface area (Å²) in [7, 11) is 3.25. The minimum absolute atomic E-state index is 0.0668. The van der Waals surface area contributed by atoms with E-state index in [0.29, 0.717) is 0 Å². The van der Waals surface area contributed by atoms with Crippen LogP contribution in [-0.2, 0) is 0 Å². The lowest BCUT2D eigenvalue weighted by Gasteiger charge is -2.19. The zero-order valence-electron chi connectivity index (χ0n) is 9.71. The molecular formula is C11H17BrN2O2. The van der Waals surface area contributed by atoms with Crippen LogP contribution in [0.4, 0.5) is 0 Å². The molecule has 0 aliphatic heterocycles. The third-order valence-corrected chi connectivity index (χ3v) is 3.25. The summed E-state index contributed by atoms with van der Waals surface area (Å²) in [4.78, 5) is 0. The summed E-state index contributed by atoms with van der Waals surface area (Å²) >= 11 is 3.46. The second kappa shape index (κ2) is 6.08. The van der Waals surface area contributed by atoms with Gasteiger partial charge in [-0.15, -0.1) is 0 Å². The molecule has 1 aromatic carbocycles. The largest absolute Gasteiger partial charge is 0.495 e. The van der Waals surface area contributed by atoms with Crippen molar-refractivity contribution in [3.05, 3.63) is 22.2 Å². The van der Waals surface area contributed by atoms with E-state index < -0.39 is 0 Å².